The summed E-state index contributed by atoms with van der Waals surface area (Å²) in [6.45, 7) is 3.40. The van der Waals surface area contributed by atoms with Crippen LogP contribution in [0.15, 0.2) is 57.9 Å². The highest BCUT2D eigenvalue weighted by Crippen LogP contribution is 2.19. The molecular weight excluding hydrogens is 408 g/mol. The Labute approximate surface area is 155 Å². The molecule has 0 aliphatic rings. The van der Waals surface area contributed by atoms with Gasteiger partial charge in [-0.15, -0.1) is 0 Å². The zero-order valence-electron chi connectivity index (χ0n) is 13.8. The number of carbonyl (C=O) groups excluding carboxylic acids is 1. The number of sulfonamides is 1. The van der Waals surface area contributed by atoms with Gasteiger partial charge in [0, 0.05) is 4.47 Å². The molecule has 0 radical (unpaired) electrons. The fourth-order valence-corrected chi connectivity index (χ4v) is 2.98. The molecule has 1 amide bonds. The van der Waals surface area contributed by atoms with Gasteiger partial charge >= 0.3 is 0 Å². The highest BCUT2D eigenvalue weighted by atomic mass is 79.9. The van der Waals surface area contributed by atoms with Gasteiger partial charge < -0.3 is 10.1 Å². The van der Waals surface area contributed by atoms with Crippen LogP contribution in [0.3, 0.4) is 0 Å². The second kappa shape index (κ2) is 7.99. The lowest BCUT2D eigenvalue weighted by atomic mass is 10.1. The number of primary sulfonamides is 1. The van der Waals surface area contributed by atoms with Crippen LogP contribution in [0.4, 0.5) is 0 Å². The molecular formula is C17H19BrN2O4S. The summed E-state index contributed by atoms with van der Waals surface area (Å²) in [5.74, 6) is 0.270. The van der Waals surface area contributed by atoms with Gasteiger partial charge in [0.15, 0.2) is 6.10 Å². The molecule has 0 heterocycles. The predicted octanol–water partition coefficient (Wildman–Crippen LogP) is 2.74. The molecule has 0 bridgehead atoms. The van der Waals surface area contributed by atoms with Gasteiger partial charge in [0.05, 0.1) is 10.9 Å². The summed E-state index contributed by atoms with van der Waals surface area (Å²) in [6.07, 6.45) is -0.704. The maximum absolute atomic E-state index is 12.3. The number of hydrogen-bond acceptors (Lipinski definition) is 4. The van der Waals surface area contributed by atoms with E-state index < -0.39 is 22.2 Å². The predicted molar refractivity (Wildman–Crippen MR) is 98.6 cm³/mol. The van der Waals surface area contributed by atoms with Crippen molar-refractivity contribution in [1.29, 1.82) is 0 Å². The van der Waals surface area contributed by atoms with Crippen LogP contribution in [-0.4, -0.2) is 20.4 Å². The van der Waals surface area contributed by atoms with Crippen molar-refractivity contribution < 1.29 is 17.9 Å². The van der Waals surface area contributed by atoms with Crippen LogP contribution in [0, 0.1) is 0 Å². The van der Waals surface area contributed by atoms with Crippen molar-refractivity contribution in [3.63, 3.8) is 0 Å². The lowest BCUT2D eigenvalue weighted by Crippen LogP contribution is -2.37. The van der Waals surface area contributed by atoms with Gasteiger partial charge in [0.1, 0.15) is 5.75 Å². The molecule has 2 atom stereocenters. The van der Waals surface area contributed by atoms with Gasteiger partial charge in [0.25, 0.3) is 5.91 Å². The molecule has 0 aromatic heterocycles. The molecule has 0 aliphatic heterocycles. The van der Waals surface area contributed by atoms with Crippen LogP contribution in [0.5, 0.6) is 5.75 Å². The first kappa shape index (κ1) is 19.4. The van der Waals surface area contributed by atoms with Crippen LogP contribution in [0.2, 0.25) is 0 Å². The van der Waals surface area contributed by atoms with Crippen molar-refractivity contribution in [2.45, 2.75) is 30.9 Å². The molecule has 6 nitrogen and oxygen atoms in total. The fraction of sp³-hybridized carbons (Fsp3) is 0.235. The molecule has 0 aliphatic carbocycles. The van der Waals surface area contributed by atoms with E-state index in [9.17, 15) is 13.2 Å². The van der Waals surface area contributed by atoms with Crippen molar-refractivity contribution in [2.75, 3.05) is 0 Å². The van der Waals surface area contributed by atoms with Gasteiger partial charge in [-0.25, -0.2) is 13.6 Å². The standard InChI is InChI=1S/C17H19BrN2O4S/c1-11(13-4-3-5-16(10-13)25(19,22)23)20-17(21)12(2)24-15-8-6-14(18)7-9-15/h3-12H,1-2H3,(H,20,21)(H2,19,22,23). The van der Waals surface area contributed by atoms with Crippen LogP contribution >= 0.6 is 15.9 Å². The average molecular weight is 427 g/mol. The molecule has 8 heteroatoms. The highest BCUT2D eigenvalue weighted by molar-refractivity contribution is 9.10. The molecule has 3 N–H and O–H groups in total. The van der Waals surface area contributed by atoms with Gasteiger partial charge in [-0.2, -0.15) is 0 Å². The van der Waals surface area contributed by atoms with E-state index in [1.54, 1.807) is 38.1 Å². The SMILES string of the molecule is CC(Oc1ccc(Br)cc1)C(=O)NC(C)c1cccc(S(N)(=O)=O)c1. The number of amides is 1. The molecule has 2 aromatic rings. The molecule has 2 unspecified atom stereocenters. The zero-order valence-corrected chi connectivity index (χ0v) is 16.2. The van der Waals surface area contributed by atoms with Crippen molar-refractivity contribution in [3.05, 3.63) is 58.6 Å². The van der Waals surface area contributed by atoms with Crippen molar-refractivity contribution in [1.82, 2.24) is 5.32 Å². The molecule has 0 fully saturated rings. The third-order valence-corrected chi connectivity index (χ3v) is 4.98. The van der Waals surface area contributed by atoms with Gasteiger partial charge in [-0.1, -0.05) is 28.1 Å². The van der Waals surface area contributed by atoms with Crippen LogP contribution in [0.1, 0.15) is 25.5 Å². The normalized spacial score (nSPS) is 13.8. The van der Waals surface area contributed by atoms with Crippen molar-refractivity contribution in [3.8, 4) is 5.75 Å². The molecule has 0 saturated carbocycles. The minimum absolute atomic E-state index is 0.00487. The maximum atomic E-state index is 12.3. The number of benzene rings is 2. The number of ether oxygens (including phenoxy) is 1. The van der Waals surface area contributed by atoms with Gasteiger partial charge in [0.2, 0.25) is 10.0 Å². The number of carbonyl (C=O) groups is 1. The lowest BCUT2D eigenvalue weighted by Gasteiger charge is -2.19. The Hall–Kier alpha value is -1.90. The molecule has 2 rings (SSSR count). The highest BCUT2D eigenvalue weighted by Gasteiger charge is 2.19. The van der Waals surface area contributed by atoms with Gasteiger partial charge in [-0.05, 0) is 55.8 Å². The monoisotopic (exact) mass is 426 g/mol. The second-order valence-corrected chi connectivity index (χ2v) is 8.04. The summed E-state index contributed by atoms with van der Waals surface area (Å²) >= 11 is 3.33. The Morgan fingerprint density at radius 1 is 1.16 bits per heavy atom. The maximum Gasteiger partial charge on any atom is 0.261 e. The minimum atomic E-state index is -3.79. The van der Waals surface area contributed by atoms with Gasteiger partial charge in [-0.3, -0.25) is 4.79 Å². The number of halogens is 1. The summed E-state index contributed by atoms with van der Waals surface area (Å²) in [4.78, 5) is 12.3. The van der Waals surface area contributed by atoms with E-state index >= 15 is 0 Å². The second-order valence-electron chi connectivity index (χ2n) is 5.56. The van der Waals surface area contributed by atoms with E-state index in [0.29, 0.717) is 11.3 Å². The van der Waals surface area contributed by atoms with E-state index in [1.807, 2.05) is 12.1 Å². The zero-order chi connectivity index (χ0) is 18.6. The lowest BCUT2D eigenvalue weighted by molar-refractivity contribution is -0.127. The smallest absolute Gasteiger partial charge is 0.261 e. The first-order chi connectivity index (χ1) is 11.7. The largest absolute Gasteiger partial charge is 0.481 e. The summed E-state index contributed by atoms with van der Waals surface area (Å²) < 4.78 is 29.4. The van der Waals surface area contributed by atoms with Crippen LogP contribution < -0.4 is 15.2 Å². The Balaban J connectivity index is 2.03. The first-order valence-corrected chi connectivity index (χ1v) is 9.86. The molecule has 0 saturated heterocycles. The van der Waals surface area contributed by atoms with E-state index in [1.165, 1.54) is 12.1 Å². The molecule has 0 spiro atoms. The summed E-state index contributed by atoms with van der Waals surface area (Å²) in [5, 5.41) is 7.93. The number of rotatable bonds is 6. The summed E-state index contributed by atoms with van der Waals surface area (Å²) in [5.41, 5.74) is 0.635. The van der Waals surface area contributed by atoms with Crippen LogP contribution in [-0.2, 0) is 14.8 Å². The third-order valence-electron chi connectivity index (χ3n) is 3.54. The fourth-order valence-electron chi connectivity index (χ4n) is 2.15. The number of nitrogens with two attached hydrogens (primary N) is 1. The van der Waals surface area contributed by atoms with Crippen molar-refractivity contribution >= 4 is 31.9 Å². The number of nitrogens with one attached hydrogen (secondary N) is 1. The quantitative estimate of drug-likeness (QED) is 0.741. The summed E-state index contributed by atoms with van der Waals surface area (Å²) in [6, 6.07) is 12.9. The molecule has 2 aromatic carbocycles. The molecule has 134 valence electrons. The first-order valence-electron chi connectivity index (χ1n) is 7.52. The third kappa shape index (κ3) is 5.55. The van der Waals surface area contributed by atoms with E-state index in [2.05, 4.69) is 21.2 Å². The topological polar surface area (TPSA) is 98.5 Å². The minimum Gasteiger partial charge on any atom is -0.481 e. The number of hydrogen-bond donors (Lipinski definition) is 2. The Bertz CT molecular complexity index is 853. The Morgan fingerprint density at radius 3 is 2.40 bits per heavy atom. The Morgan fingerprint density at radius 2 is 1.80 bits per heavy atom. The van der Waals surface area contributed by atoms with E-state index in [0.717, 1.165) is 4.47 Å². The Kier molecular flexibility index (Phi) is 6.21. The van der Waals surface area contributed by atoms with E-state index in [-0.39, 0.29) is 10.8 Å². The molecule has 25 heavy (non-hydrogen) atoms. The van der Waals surface area contributed by atoms with E-state index in [4.69, 9.17) is 9.88 Å². The summed E-state index contributed by atoms with van der Waals surface area (Å²) in [7, 11) is -3.79. The van der Waals surface area contributed by atoms with Crippen molar-refractivity contribution in [2.24, 2.45) is 5.14 Å². The average Bonchev–Trinajstić information content (AvgIpc) is 2.56. The van der Waals surface area contributed by atoms with Crippen LogP contribution in [0.25, 0.3) is 0 Å².